The molecule has 4 aromatic rings. The molecule has 1 amide bonds. The number of amides is 1. The Bertz CT molecular complexity index is 1490. The van der Waals surface area contributed by atoms with Gasteiger partial charge < -0.3 is 15.8 Å². The molecule has 0 aliphatic carbocycles. The topological polar surface area (TPSA) is 100.0 Å². The molecular weight excluding hydrogens is 568 g/mol. The van der Waals surface area contributed by atoms with Crippen molar-refractivity contribution in [1.29, 1.82) is 0 Å². The van der Waals surface area contributed by atoms with E-state index in [0.29, 0.717) is 13.2 Å². The number of carbonyl (C=O) groups excluding carboxylic acids is 1. The minimum Gasteiger partial charge on any atom is -0.358 e. The van der Waals surface area contributed by atoms with Gasteiger partial charge in [0.25, 0.3) is 0 Å². The predicted octanol–water partition coefficient (Wildman–Crippen LogP) is 6.79. The second-order valence-electron chi connectivity index (χ2n) is 12.5. The van der Waals surface area contributed by atoms with Crippen LogP contribution in [0.2, 0.25) is 0 Å². The van der Waals surface area contributed by atoms with Gasteiger partial charge in [0.1, 0.15) is 6.73 Å². The summed E-state index contributed by atoms with van der Waals surface area (Å²) in [5.41, 5.74) is 14.8. The third kappa shape index (κ3) is 9.55. The summed E-state index contributed by atoms with van der Waals surface area (Å²) in [6.07, 6.45) is 15.5. The molecule has 2 aromatic heterocycles. The summed E-state index contributed by atoms with van der Waals surface area (Å²) < 4.78 is 9.83. The predicted molar refractivity (Wildman–Crippen MR) is 185 cm³/mol. The minimum absolute atomic E-state index is 0.153. The molecular formula is C35H50N6O2S. The molecule has 0 fully saturated rings. The Labute approximate surface area is 264 Å². The van der Waals surface area contributed by atoms with Crippen molar-refractivity contribution in [3.8, 4) is 22.3 Å². The fraction of sp³-hybridized carbons (Fsp3) is 0.457. The first-order valence-electron chi connectivity index (χ1n) is 15.6. The Balaban J connectivity index is 1.21. The molecule has 238 valence electrons. The van der Waals surface area contributed by atoms with E-state index in [-0.39, 0.29) is 5.91 Å². The van der Waals surface area contributed by atoms with Crippen molar-refractivity contribution in [3.05, 3.63) is 77.9 Å². The van der Waals surface area contributed by atoms with Gasteiger partial charge in [0.15, 0.2) is 0 Å². The number of rotatable bonds is 16. The van der Waals surface area contributed by atoms with Crippen LogP contribution in [-0.4, -0.2) is 62.6 Å². The SMILES string of the molecule is CCCn1cc(-c2ccc(CCCCC(N)C(=O)Nc3ccc(-c4c(C)nn(COCCS(C)(C)C)c4C)cc3)cc2)cn1. The Morgan fingerprint density at radius 3 is 2.39 bits per heavy atom. The summed E-state index contributed by atoms with van der Waals surface area (Å²) in [4.78, 5) is 12.8. The van der Waals surface area contributed by atoms with Crippen LogP contribution in [0.4, 0.5) is 5.69 Å². The molecule has 4 rings (SSSR count). The minimum atomic E-state index is -0.574. The Morgan fingerprint density at radius 1 is 1.00 bits per heavy atom. The molecule has 2 heterocycles. The van der Waals surface area contributed by atoms with Crippen LogP contribution in [0.3, 0.4) is 0 Å². The molecule has 0 spiro atoms. The van der Waals surface area contributed by atoms with Crippen LogP contribution in [0.15, 0.2) is 60.9 Å². The fourth-order valence-electron chi connectivity index (χ4n) is 5.21. The third-order valence-electron chi connectivity index (χ3n) is 7.82. The maximum atomic E-state index is 12.8. The number of nitrogens with zero attached hydrogens (tertiary/aromatic N) is 4. The lowest BCUT2D eigenvalue weighted by atomic mass is 10.0. The highest BCUT2D eigenvalue weighted by atomic mass is 32.3. The van der Waals surface area contributed by atoms with Crippen molar-refractivity contribution < 1.29 is 9.53 Å². The summed E-state index contributed by atoms with van der Waals surface area (Å²) in [6, 6.07) is 16.0. The monoisotopic (exact) mass is 618 g/mol. The van der Waals surface area contributed by atoms with E-state index in [1.54, 1.807) is 0 Å². The van der Waals surface area contributed by atoms with E-state index in [0.717, 1.165) is 78.4 Å². The summed E-state index contributed by atoms with van der Waals surface area (Å²) in [5, 5.41) is 12.1. The quantitative estimate of drug-likeness (QED) is 0.135. The molecule has 44 heavy (non-hydrogen) atoms. The fourth-order valence-corrected chi connectivity index (χ4v) is 5.83. The first-order valence-corrected chi connectivity index (χ1v) is 18.6. The van der Waals surface area contributed by atoms with Crippen LogP contribution in [0.1, 0.15) is 49.6 Å². The maximum absolute atomic E-state index is 12.8. The number of unbranched alkanes of at least 4 members (excludes halogenated alkanes) is 1. The van der Waals surface area contributed by atoms with Gasteiger partial charge in [-0.1, -0.05) is 49.7 Å². The van der Waals surface area contributed by atoms with Crippen molar-refractivity contribution in [2.45, 2.75) is 72.2 Å². The molecule has 0 bridgehead atoms. The Morgan fingerprint density at radius 2 is 1.70 bits per heavy atom. The average Bonchev–Trinajstić information content (AvgIpc) is 3.57. The van der Waals surface area contributed by atoms with Gasteiger partial charge in [-0.3, -0.25) is 9.48 Å². The number of aromatic nitrogens is 4. The number of hydrogen-bond acceptors (Lipinski definition) is 5. The molecule has 1 atom stereocenters. The van der Waals surface area contributed by atoms with Crippen molar-refractivity contribution in [3.63, 3.8) is 0 Å². The van der Waals surface area contributed by atoms with Gasteiger partial charge in [-0.2, -0.15) is 10.2 Å². The number of anilines is 1. The van der Waals surface area contributed by atoms with Crippen LogP contribution in [0, 0.1) is 13.8 Å². The summed E-state index contributed by atoms with van der Waals surface area (Å²) >= 11 is 0. The molecule has 0 aliphatic heterocycles. The lowest BCUT2D eigenvalue weighted by Gasteiger charge is -2.24. The van der Waals surface area contributed by atoms with Crippen LogP contribution in [-0.2, 0) is 29.2 Å². The smallest absolute Gasteiger partial charge is 0.241 e. The molecule has 0 saturated heterocycles. The van der Waals surface area contributed by atoms with E-state index in [1.165, 1.54) is 11.1 Å². The summed E-state index contributed by atoms with van der Waals surface area (Å²) in [6.45, 7) is 8.37. The molecule has 0 aliphatic rings. The van der Waals surface area contributed by atoms with E-state index in [4.69, 9.17) is 15.6 Å². The molecule has 8 nitrogen and oxygen atoms in total. The zero-order valence-electron chi connectivity index (χ0n) is 27.3. The first kappa shape index (κ1) is 33.5. The van der Waals surface area contributed by atoms with Gasteiger partial charge >= 0.3 is 0 Å². The van der Waals surface area contributed by atoms with Gasteiger partial charge in [0.05, 0.1) is 24.5 Å². The number of nitrogens with two attached hydrogens (primary N) is 1. The maximum Gasteiger partial charge on any atom is 0.241 e. The summed E-state index contributed by atoms with van der Waals surface area (Å²) in [5.74, 6) is 0.929. The highest BCUT2D eigenvalue weighted by molar-refractivity contribution is 8.32. The number of carbonyl (C=O) groups is 1. The van der Waals surface area contributed by atoms with Crippen LogP contribution in [0.25, 0.3) is 22.3 Å². The van der Waals surface area contributed by atoms with E-state index < -0.39 is 16.1 Å². The van der Waals surface area contributed by atoms with Gasteiger partial charge in [0.2, 0.25) is 5.91 Å². The highest BCUT2D eigenvalue weighted by Gasteiger charge is 2.16. The van der Waals surface area contributed by atoms with E-state index in [9.17, 15) is 4.79 Å². The molecule has 9 heteroatoms. The molecule has 0 saturated carbocycles. The average molecular weight is 619 g/mol. The lowest BCUT2D eigenvalue weighted by Crippen LogP contribution is -2.35. The first-order chi connectivity index (χ1) is 21.0. The van der Waals surface area contributed by atoms with Crippen molar-refractivity contribution in [1.82, 2.24) is 19.6 Å². The van der Waals surface area contributed by atoms with E-state index in [1.807, 2.05) is 46.7 Å². The van der Waals surface area contributed by atoms with Gasteiger partial charge in [0, 0.05) is 41.0 Å². The number of ether oxygens (including phenoxy) is 1. The number of hydrogen-bond donors (Lipinski definition) is 2. The number of nitrogens with one attached hydrogen (secondary N) is 1. The Hall–Kier alpha value is -3.40. The van der Waals surface area contributed by atoms with Crippen molar-refractivity contribution in [2.24, 2.45) is 5.73 Å². The zero-order valence-corrected chi connectivity index (χ0v) is 28.1. The largest absolute Gasteiger partial charge is 0.358 e. The number of benzene rings is 2. The van der Waals surface area contributed by atoms with Crippen LogP contribution < -0.4 is 11.1 Å². The van der Waals surface area contributed by atoms with Gasteiger partial charge in [-0.25, -0.2) is 14.7 Å². The lowest BCUT2D eigenvalue weighted by molar-refractivity contribution is -0.117. The third-order valence-corrected chi connectivity index (χ3v) is 9.21. The van der Waals surface area contributed by atoms with Gasteiger partial charge in [-0.05, 0) is 87.1 Å². The van der Waals surface area contributed by atoms with Crippen molar-refractivity contribution in [2.75, 3.05) is 36.4 Å². The zero-order chi connectivity index (χ0) is 31.7. The highest BCUT2D eigenvalue weighted by Crippen LogP contribution is 2.33. The molecule has 3 N–H and O–H groups in total. The number of aryl methyl sites for hydroxylation is 3. The molecule has 0 radical (unpaired) electrons. The van der Waals surface area contributed by atoms with Gasteiger partial charge in [-0.15, -0.1) is 0 Å². The summed E-state index contributed by atoms with van der Waals surface area (Å²) in [7, 11) is -0.574. The van der Waals surface area contributed by atoms with Crippen LogP contribution >= 0.6 is 10.0 Å². The second kappa shape index (κ2) is 15.5. The normalized spacial score (nSPS) is 12.8. The molecule has 2 aromatic carbocycles. The standard InChI is InChI=1S/C35H50N6O2S/c1-7-20-40-24-31(23-37-40)29-14-12-28(13-15-29)10-8-9-11-33(36)35(42)38-32-18-16-30(17-19-32)34-26(2)39-41(27(34)3)25-43-21-22-44(4,5)6/h12-19,23-24,33H,7-11,20-22,25,36H2,1-6H3,(H,38,42). The van der Waals surface area contributed by atoms with E-state index in [2.05, 4.69) is 73.5 Å². The Kier molecular flexibility index (Phi) is 11.8. The molecule has 1 unspecified atom stereocenters. The van der Waals surface area contributed by atoms with Crippen molar-refractivity contribution >= 4 is 21.6 Å². The van der Waals surface area contributed by atoms with Crippen LogP contribution in [0.5, 0.6) is 0 Å². The second-order valence-corrected chi connectivity index (χ2v) is 17.1. The van der Waals surface area contributed by atoms with E-state index >= 15 is 0 Å².